The van der Waals surface area contributed by atoms with Crippen molar-refractivity contribution in [2.24, 2.45) is 0 Å². The summed E-state index contributed by atoms with van der Waals surface area (Å²) in [7, 11) is 0. The summed E-state index contributed by atoms with van der Waals surface area (Å²) in [5.41, 5.74) is 0. The number of rotatable bonds is 7. The fourth-order valence-corrected chi connectivity index (χ4v) is 2.55. The molecule has 1 heterocycles. The Morgan fingerprint density at radius 2 is 2.06 bits per heavy atom. The summed E-state index contributed by atoms with van der Waals surface area (Å²) in [6.45, 7) is 0.908. The molecule has 0 radical (unpaired) electrons. The predicted octanol–water partition coefficient (Wildman–Crippen LogP) is 0.743. The first kappa shape index (κ1) is 13.0. The first-order valence-corrected chi connectivity index (χ1v) is 6.74. The largest absolute Gasteiger partial charge is 0.481 e. The third-order valence-electron chi connectivity index (χ3n) is 2.57. The Hall–Kier alpha value is -1.40. The van der Waals surface area contributed by atoms with Gasteiger partial charge >= 0.3 is 5.97 Å². The fourth-order valence-electron chi connectivity index (χ4n) is 1.57. The second kappa shape index (κ2) is 5.97. The summed E-state index contributed by atoms with van der Waals surface area (Å²) < 4.78 is 0. The minimum Gasteiger partial charge on any atom is -0.481 e. The maximum atomic E-state index is 11.4. The van der Waals surface area contributed by atoms with Gasteiger partial charge in [0.05, 0.1) is 13.0 Å². The molecule has 0 atom stereocenters. The molecule has 0 aromatic carbocycles. The van der Waals surface area contributed by atoms with Crippen LogP contribution in [0.4, 0.5) is 0 Å². The zero-order valence-electron chi connectivity index (χ0n) is 9.94. The van der Waals surface area contributed by atoms with Gasteiger partial charge in [-0.3, -0.25) is 9.59 Å². The number of hydrogen-bond acceptors (Lipinski definition) is 4. The van der Waals surface area contributed by atoms with Gasteiger partial charge in [-0.05, 0) is 25.0 Å². The molecule has 98 valence electrons. The van der Waals surface area contributed by atoms with Crippen LogP contribution in [-0.4, -0.2) is 29.6 Å². The normalized spacial score (nSPS) is 14.4. The first-order chi connectivity index (χ1) is 8.63. The molecule has 18 heavy (non-hydrogen) atoms. The van der Waals surface area contributed by atoms with Crippen LogP contribution in [0.3, 0.4) is 0 Å². The van der Waals surface area contributed by atoms with Gasteiger partial charge in [0.15, 0.2) is 0 Å². The van der Waals surface area contributed by atoms with Gasteiger partial charge in [0.2, 0.25) is 5.91 Å². The molecule has 1 fully saturated rings. The van der Waals surface area contributed by atoms with E-state index in [4.69, 9.17) is 5.11 Å². The number of carboxylic acids is 1. The van der Waals surface area contributed by atoms with Crippen LogP contribution < -0.4 is 10.6 Å². The molecule has 0 unspecified atom stereocenters. The number of nitrogens with one attached hydrogen (secondary N) is 2. The first-order valence-electron chi connectivity index (χ1n) is 5.93. The van der Waals surface area contributed by atoms with E-state index in [0.717, 1.165) is 22.6 Å². The van der Waals surface area contributed by atoms with E-state index in [1.807, 2.05) is 12.1 Å². The molecule has 5 nitrogen and oxygen atoms in total. The van der Waals surface area contributed by atoms with E-state index in [0.29, 0.717) is 19.1 Å². The predicted molar refractivity (Wildman–Crippen MR) is 68.5 cm³/mol. The van der Waals surface area contributed by atoms with Gasteiger partial charge in [0.1, 0.15) is 0 Å². The zero-order valence-corrected chi connectivity index (χ0v) is 10.8. The summed E-state index contributed by atoms with van der Waals surface area (Å²) in [6.07, 6.45) is 2.25. The van der Waals surface area contributed by atoms with Gasteiger partial charge in [-0.2, -0.15) is 0 Å². The van der Waals surface area contributed by atoms with E-state index in [1.54, 1.807) is 0 Å². The van der Waals surface area contributed by atoms with Crippen molar-refractivity contribution in [1.82, 2.24) is 10.6 Å². The average molecular weight is 268 g/mol. The Kier molecular flexibility index (Phi) is 4.33. The van der Waals surface area contributed by atoms with Gasteiger partial charge < -0.3 is 15.7 Å². The van der Waals surface area contributed by atoms with Crippen molar-refractivity contribution < 1.29 is 14.7 Å². The smallest absolute Gasteiger partial charge is 0.308 e. The minimum atomic E-state index is -0.819. The van der Waals surface area contributed by atoms with Gasteiger partial charge in [-0.25, -0.2) is 0 Å². The van der Waals surface area contributed by atoms with Crippen LogP contribution in [0.5, 0.6) is 0 Å². The number of thiophene rings is 1. The molecule has 0 aliphatic heterocycles. The van der Waals surface area contributed by atoms with Crippen LogP contribution in [0.25, 0.3) is 0 Å². The molecule has 1 aliphatic carbocycles. The second-order valence-electron chi connectivity index (χ2n) is 4.38. The molecule has 6 heteroatoms. The van der Waals surface area contributed by atoms with Crippen LogP contribution >= 0.6 is 11.3 Å². The number of aliphatic carboxylic acids is 1. The Balaban J connectivity index is 1.67. The summed E-state index contributed by atoms with van der Waals surface area (Å²) in [5.74, 6) is -0.792. The molecule has 1 saturated carbocycles. The Labute approximate surface area is 109 Å². The number of carbonyl (C=O) groups excluding carboxylic acids is 1. The highest BCUT2D eigenvalue weighted by Gasteiger charge is 2.22. The van der Waals surface area contributed by atoms with E-state index in [1.165, 1.54) is 11.3 Å². The quantitative estimate of drug-likeness (QED) is 0.681. The molecule has 1 aliphatic rings. The minimum absolute atomic E-state index is 0.0276. The van der Waals surface area contributed by atoms with Crippen molar-refractivity contribution in [2.75, 3.05) is 6.54 Å². The zero-order chi connectivity index (χ0) is 13.0. The van der Waals surface area contributed by atoms with Crippen molar-refractivity contribution >= 4 is 23.2 Å². The molecule has 0 spiro atoms. The maximum Gasteiger partial charge on any atom is 0.308 e. The monoisotopic (exact) mass is 268 g/mol. The standard InChI is InChI=1S/C12H16N2O3S/c15-11(14-8-1-2-8)7-13-6-10-4-3-9(18-10)5-12(16)17/h3-4,8,13H,1-2,5-7H2,(H,14,15)(H,16,17). The van der Waals surface area contributed by atoms with Gasteiger partial charge in [-0.15, -0.1) is 11.3 Å². The summed E-state index contributed by atoms with van der Waals surface area (Å²) >= 11 is 1.46. The third-order valence-corrected chi connectivity index (χ3v) is 3.66. The lowest BCUT2D eigenvalue weighted by molar-refractivity contribution is -0.136. The van der Waals surface area contributed by atoms with E-state index in [-0.39, 0.29) is 12.3 Å². The van der Waals surface area contributed by atoms with Crippen molar-refractivity contribution in [2.45, 2.75) is 31.8 Å². The Morgan fingerprint density at radius 1 is 1.33 bits per heavy atom. The Morgan fingerprint density at radius 3 is 2.72 bits per heavy atom. The lowest BCUT2D eigenvalue weighted by atomic mass is 10.3. The molecule has 0 bridgehead atoms. The van der Waals surface area contributed by atoms with E-state index < -0.39 is 5.97 Å². The molecule has 1 aromatic heterocycles. The number of amides is 1. The highest BCUT2D eigenvalue weighted by Crippen LogP contribution is 2.18. The lowest BCUT2D eigenvalue weighted by Crippen LogP contribution is -2.34. The molecule has 1 aromatic rings. The molecule has 1 amide bonds. The summed E-state index contributed by atoms with van der Waals surface area (Å²) in [5, 5.41) is 14.6. The SMILES string of the molecule is O=C(O)Cc1ccc(CNCC(=O)NC2CC2)s1. The van der Waals surface area contributed by atoms with Crippen LogP contribution in [0.1, 0.15) is 22.6 Å². The lowest BCUT2D eigenvalue weighted by Gasteiger charge is -2.04. The highest BCUT2D eigenvalue weighted by atomic mass is 32.1. The van der Waals surface area contributed by atoms with Gasteiger partial charge in [0, 0.05) is 22.3 Å². The van der Waals surface area contributed by atoms with Crippen LogP contribution in [0.15, 0.2) is 12.1 Å². The molecule has 0 saturated heterocycles. The van der Waals surface area contributed by atoms with Crippen LogP contribution in [0.2, 0.25) is 0 Å². The fraction of sp³-hybridized carbons (Fsp3) is 0.500. The third kappa shape index (κ3) is 4.46. The second-order valence-corrected chi connectivity index (χ2v) is 5.64. The summed E-state index contributed by atoms with van der Waals surface area (Å²) in [4.78, 5) is 23.8. The van der Waals surface area contributed by atoms with E-state index >= 15 is 0 Å². The van der Waals surface area contributed by atoms with Crippen molar-refractivity contribution in [3.05, 3.63) is 21.9 Å². The van der Waals surface area contributed by atoms with Crippen LogP contribution in [-0.2, 0) is 22.6 Å². The molecular weight excluding hydrogens is 252 g/mol. The van der Waals surface area contributed by atoms with E-state index in [2.05, 4.69) is 10.6 Å². The average Bonchev–Trinajstić information content (AvgIpc) is 2.98. The number of carboxylic acid groups (broad SMARTS) is 1. The topological polar surface area (TPSA) is 78.4 Å². The molecule has 3 N–H and O–H groups in total. The summed E-state index contributed by atoms with van der Waals surface area (Å²) in [6, 6.07) is 4.11. The van der Waals surface area contributed by atoms with Crippen LogP contribution in [0, 0.1) is 0 Å². The van der Waals surface area contributed by atoms with Crippen molar-refractivity contribution in [1.29, 1.82) is 0 Å². The van der Waals surface area contributed by atoms with E-state index in [9.17, 15) is 9.59 Å². The highest BCUT2D eigenvalue weighted by molar-refractivity contribution is 7.12. The molecule has 2 rings (SSSR count). The maximum absolute atomic E-state index is 11.4. The van der Waals surface area contributed by atoms with Crippen molar-refractivity contribution in [3.63, 3.8) is 0 Å². The Bertz CT molecular complexity index is 440. The number of hydrogen-bond donors (Lipinski definition) is 3. The van der Waals surface area contributed by atoms with Gasteiger partial charge in [0.25, 0.3) is 0 Å². The van der Waals surface area contributed by atoms with Crippen molar-refractivity contribution in [3.8, 4) is 0 Å². The van der Waals surface area contributed by atoms with Gasteiger partial charge in [-0.1, -0.05) is 0 Å². The molecular formula is C12H16N2O3S. The number of carbonyl (C=O) groups is 2.